The Hall–Kier alpha value is -2.85. The lowest BCUT2D eigenvalue weighted by atomic mass is 10.1. The molecule has 0 aromatic rings. The minimum Gasteiger partial charge on any atom is -0.756 e. The van der Waals surface area contributed by atoms with Crippen molar-refractivity contribution in [2.24, 2.45) is 0 Å². The van der Waals surface area contributed by atoms with Crippen LogP contribution in [0.1, 0.15) is 174 Å². The van der Waals surface area contributed by atoms with Crippen LogP contribution in [0.2, 0.25) is 0 Å². The molecular weight excluding hydrogens is 814 g/mol. The van der Waals surface area contributed by atoms with Gasteiger partial charge in [-0.3, -0.25) is 14.2 Å². The second-order valence-corrected chi connectivity index (χ2v) is 18.7. The minimum absolute atomic E-state index is 0.0558. The van der Waals surface area contributed by atoms with Gasteiger partial charge in [-0.25, -0.2) is 0 Å². The van der Waals surface area contributed by atoms with Crippen molar-refractivity contribution in [2.75, 3.05) is 47.5 Å². The van der Waals surface area contributed by atoms with Crippen molar-refractivity contribution in [3.63, 3.8) is 0 Å². The smallest absolute Gasteiger partial charge is 0.306 e. The van der Waals surface area contributed by atoms with Crippen LogP contribution in [-0.4, -0.2) is 81.2 Å². The number of carbonyl (C=O) groups excluding carboxylic acids is 2. The quantitative estimate of drug-likeness (QED) is 0.0159. The molecule has 0 bridgehead atoms. The Morgan fingerprint density at radius 2 is 1.14 bits per heavy atom. The summed E-state index contributed by atoms with van der Waals surface area (Å²) in [4.78, 5) is 37.6. The number of carbonyl (C=O) groups is 2. The van der Waals surface area contributed by atoms with Crippen LogP contribution in [0, 0.1) is 0 Å². The zero-order valence-corrected chi connectivity index (χ0v) is 41.2. The third-order valence-corrected chi connectivity index (χ3v) is 11.0. The molecule has 0 heterocycles. The van der Waals surface area contributed by atoms with Crippen LogP contribution in [0.3, 0.4) is 0 Å². The molecule has 0 rings (SSSR count). The summed E-state index contributed by atoms with van der Waals surface area (Å²) in [6, 6.07) is 0. The zero-order chi connectivity index (χ0) is 46.5. The summed E-state index contributed by atoms with van der Waals surface area (Å²) in [5.41, 5.74) is 0. The summed E-state index contributed by atoms with van der Waals surface area (Å²) in [5, 5.41) is 9.86. The molecule has 0 spiro atoms. The topological polar surface area (TPSA) is 131 Å². The van der Waals surface area contributed by atoms with Gasteiger partial charge in [-0.15, -0.1) is 0 Å². The van der Waals surface area contributed by atoms with E-state index in [1.165, 1.54) is 83.5 Å². The number of allylic oxidation sites excluding steroid dienone is 12. The molecule has 0 radical (unpaired) electrons. The Kier molecular flexibility index (Phi) is 41.1. The summed E-state index contributed by atoms with van der Waals surface area (Å²) >= 11 is 0. The van der Waals surface area contributed by atoms with E-state index in [-0.39, 0.29) is 26.1 Å². The number of nitrogens with zero attached hydrogens (tertiary/aromatic N) is 1. The molecule has 2 unspecified atom stereocenters. The predicted molar refractivity (Wildman–Crippen MR) is 260 cm³/mol. The number of esters is 2. The third kappa shape index (κ3) is 46.9. The van der Waals surface area contributed by atoms with Gasteiger partial charge in [-0.05, 0) is 70.6 Å². The number of hydrogen-bond donors (Lipinski definition) is 1. The van der Waals surface area contributed by atoms with E-state index < -0.39 is 38.6 Å². The number of hydrogen-bond acceptors (Lipinski definition) is 9. The number of unbranched alkanes of at least 4 members (excludes halogenated alkanes) is 15. The van der Waals surface area contributed by atoms with E-state index in [1.54, 1.807) is 6.08 Å². The van der Waals surface area contributed by atoms with Gasteiger partial charge in [0.15, 0.2) is 6.10 Å². The molecule has 0 aromatic heterocycles. The molecule has 10 nitrogen and oxygen atoms in total. The van der Waals surface area contributed by atoms with Gasteiger partial charge in [0.2, 0.25) is 0 Å². The highest BCUT2D eigenvalue weighted by molar-refractivity contribution is 7.45. The van der Waals surface area contributed by atoms with Gasteiger partial charge in [0, 0.05) is 12.8 Å². The number of phosphoric acid groups is 1. The highest BCUT2D eigenvalue weighted by Gasteiger charge is 2.21. The molecule has 0 fully saturated rings. The Bertz CT molecular complexity index is 1360. The van der Waals surface area contributed by atoms with Crippen LogP contribution in [0.25, 0.3) is 0 Å². The fourth-order valence-electron chi connectivity index (χ4n) is 6.17. The van der Waals surface area contributed by atoms with Crippen LogP contribution in [0.15, 0.2) is 85.1 Å². The summed E-state index contributed by atoms with van der Waals surface area (Å²) in [7, 11) is 1.08. The van der Waals surface area contributed by atoms with Crippen molar-refractivity contribution in [3.8, 4) is 0 Å². The standard InChI is InChI=1S/C52H90NO9P/c1-6-8-10-11-12-13-14-15-16-17-18-19-20-23-26-29-32-35-39-43-51(55)59-47-50(48-61-63(57,58)60-46-45-53(3,4)5)62-52(56)44-40-36-33-30-27-24-21-22-25-28-31-34-38-42-49(54)41-37-9-7-2/h9,15-16,22,24-25,27,31,33-34,36-38,42,49-50,54H,6-8,10-14,17-21,23,26,28-30,32,35,39-41,43-48H2,1-5H3/b16-15-,25-22-,27-24-,34-31+,36-33-,37-9-,42-38+/t49?,50-/m1/s1. The van der Waals surface area contributed by atoms with Crippen molar-refractivity contribution in [1.82, 2.24) is 0 Å². The molecule has 0 amide bonds. The van der Waals surface area contributed by atoms with E-state index >= 15 is 0 Å². The average molecular weight is 904 g/mol. The van der Waals surface area contributed by atoms with Gasteiger partial charge in [0.05, 0.1) is 33.9 Å². The number of quaternary nitrogens is 1. The number of aliphatic hydroxyl groups excluding tert-OH is 1. The first-order valence-corrected chi connectivity index (χ1v) is 25.9. The minimum atomic E-state index is -4.66. The van der Waals surface area contributed by atoms with Crippen LogP contribution >= 0.6 is 7.82 Å². The Morgan fingerprint density at radius 1 is 0.603 bits per heavy atom. The molecule has 0 saturated carbocycles. The van der Waals surface area contributed by atoms with Crippen molar-refractivity contribution in [1.29, 1.82) is 0 Å². The third-order valence-electron chi connectivity index (χ3n) is 9.99. The molecule has 1 N–H and O–H groups in total. The Morgan fingerprint density at radius 3 is 1.73 bits per heavy atom. The summed E-state index contributed by atoms with van der Waals surface area (Å²) < 4.78 is 33.9. The van der Waals surface area contributed by atoms with Gasteiger partial charge in [-0.2, -0.15) is 0 Å². The first-order valence-electron chi connectivity index (χ1n) is 24.4. The van der Waals surface area contributed by atoms with Crippen LogP contribution in [-0.2, 0) is 32.7 Å². The second kappa shape index (κ2) is 43.1. The van der Waals surface area contributed by atoms with Gasteiger partial charge in [0.25, 0.3) is 7.82 Å². The van der Waals surface area contributed by atoms with Crippen LogP contribution < -0.4 is 4.89 Å². The van der Waals surface area contributed by atoms with E-state index in [0.717, 1.165) is 44.9 Å². The lowest BCUT2D eigenvalue weighted by Gasteiger charge is -2.28. The van der Waals surface area contributed by atoms with Gasteiger partial charge in [-0.1, -0.05) is 176 Å². The van der Waals surface area contributed by atoms with Gasteiger partial charge in [0.1, 0.15) is 19.8 Å². The lowest BCUT2D eigenvalue weighted by molar-refractivity contribution is -0.870. The largest absolute Gasteiger partial charge is 0.756 e. The molecule has 0 aromatic carbocycles. The Labute approximate surface area is 384 Å². The molecule has 0 saturated heterocycles. The van der Waals surface area contributed by atoms with Gasteiger partial charge < -0.3 is 33.0 Å². The fourth-order valence-corrected chi connectivity index (χ4v) is 6.90. The summed E-state index contributed by atoms with van der Waals surface area (Å²) in [5.74, 6) is -0.960. The van der Waals surface area contributed by atoms with E-state index in [0.29, 0.717) is 30.3 Å². The van der Waals surface area contributed by atoms with E-state index in [2.05, 4.69) is 50.3 Å². The van der Waals surface area contributed by atoms with Gasteiger partial charge >= 0.3 is 11.9 Å². The average Bonchev–Trinajstić information content (AvgIpc) is 3.23. The predicted octanol–water partition coefficient (Wildman–Crippen LogP) is 12.7. The van der Waals surface area contributed by atoms with Crippen LogP contribution in [0.4, 0.5) is 0 Å². The fraction of sp³-hybridized carbons (Fsp3) is 0.692. The van der Waals surface area contributed by atoms with Crippen molar-refractivity contribution < 1.29 is 47.2 Å². The maximum atomic E-state index is 12.7. The van der Waals surface area contributed by atoms with E-state index in [4.69, 9.17) is 18.5 Å². The summed E-state index contributed by atoms with van der Waals surface area (Å²) in [6.45, 7) is 3.91. The zero-order valence-electron chi connectivity index (χ0n) is 40.4. The van der Waals surface area contributed by atoms with E-state index in [9.17, 15) is 24.2 Å². The molecule has 0 aliphatic carbocycles. The number of aliphatic hydroxyl groups is 1. The molecule has 11 heteroatoms. The number of likely N-dealkylation sites (N-methyl/N-ethyl adjacent to an activating group) is 1. The maximum absolute atomic E-state index is 12.7. The lowest BCUT2D eigenvalue weighted by Crippen LogP contribution is -2.37. The molecule has 362 valence electrons. The SMILES string of the molecule is CC/C=C\CC(O)/C=C/C=C/C/C=C\C/C=C\C/C=C\CCC(=O)O[C@H](COC(=O)CCCCCCCCCCC/C=C\CCCCCCCC)COP(=O)([O-])OCC[N+](C)(C)C. The van der Waals surface area contributed by atoms with Crippen molar-refractivity contribution in [2.45, 2.75) is 187 Å². The van der Waals surface area contributed by atoms with E-state index in [1.807, 2.05) is 63.7 Å². The summed E-state index contributed by atoms with van der Waals surface area (Å²) in [6.07, 6.45) is 52.4. The number of rotatable bonds is 43. The molecular formula is C52H90NO9P. The first kappa shape index (κ1) is 60.2. The molecule has 0 aliphatic rings. The van der Waals surface area contributed by atoms with Crippen molar-refractivity contribution >= 4 is 19.8 Å². The van der Waals surface area contributed by atoms with Crippen LogP contribution in [0.5, 0.6) is 0 Å². The Balaban J connectivity index is 4.46. The molecule has 3 atom stereocenters. The normalized spacial score (nSPS) is 14.7. The highest BCUT2D eigenvalue weighted by atomic mass is 31.2. The maximum Gasteiger partial charge on any atom is 0.306 e. The van der Waals surface area contributed by atoms with Crippen molar-refractivity contribution in [3.05, 3.63) is 85.1 Å². The molecule has 63 heavy (non-hydrogen) atoms. The number of phosphoric ester groups is 1. The second-order valence-electron chi connectivity index (χ2n) is 17.3. The number of ether oxygens (including phenoxy) is 2. The monoisotopic (exact) mass is 904 g/mol. The first-order chi connectivity index (χ1) is 30.4. The highest BCUT2D eigenvalue weighted by Crippen LogP contribution is 2.38. The molecule has 0 aliphatic heterocycles.